The molecule has 1 rings (SSSR count). The first-order valence-electron chi connectivity index (χ1n) is 3.76. The molecule has 1 aromatic heterocycles. The van der Waals surface area contributed by atoms with E-state index in [0.717, 1.165) is 6.29 Å². The minimum absolute atomic E-state index is 0.342. The summed E-state index contributed by atoms with van der Waals surface area (Å²) in [6, 6.07) is 3.38. The van der Waals surface area contributed by atoms with Crippen LogP contribution in [0.25, 0.3) is 0 Å². The van der Waals surface area contributed by atoms with E-state index in [-0.39, 0.29) is 0 Å². The van der Waals surface area contributed by atoms with Gasteiger partial charge < -0.3 is 4.74 Å². The lowest BCUT2D eigenvalue weighted by Gasteiger charge is -1.92. The van der Waals surface area contributed by atoms with Gasteiger partial charge in [-0.25, -0.2) is 4.98 Å². The zero-order valence-electron chi connectivity index (χ0n) is 7.28. The van der Waals surface area contributed by atoms with Gasteiger partial charge in [0, 0.05) is 18.9 Å². The van der Waals surface area contributed by atoms with E-state index >= 15 is 0 Å². The summed E-state index contributed by atoms with van der Waals surface area (Å²) in [5.41, 5.74) is 1.00. The van der Waals surface area contributed by atoms with Gasteiger partial charge in [-0.2, -0.15) is 0 Å². The predicted octanol–water partition coefficient (Wildman–Crippen LogP) is 0.892. The minimum atomic E-state index is 0.342. The van der Waals surface area contributed by atoms with Crippen LogP contribution < -0.4 is 0 Å². The molecule has 0 radical (unpaired) electrons. The molecule has 0 atom stereocenters. The number of carbonyl (C=O) groups excluding carboxylic acids is 1. The maximum Gasteiger partial charge on any atom is 0.152 e. The second-order valence-electron chi connectivity index (χ2n) is 2.29. The zero-order valence-corrected chi connectivity index (χ0v) is 7.28. The molecule has 3 heteroatoms. The number of aromatic nitrogens is 1. The third-order valence-electron chi connectivity index (χ3n) is 1.39. The largest absolute Gasteiger partial charge is 0.372 e. The predicted molar refractivity (Wildman–Crippen MR) is 48.4 cm³/mol. The molecule has 0 fully saturated rings. The second kappa shape index (κ2) is 5.07. The molecule has 1 heterocycles. The van der Waals surface area contributed by atoms with Gasteiger partial charge in [0.1, 0.15) is 12.3 Å². The molecule has 66 valence electrons. The standard InChI is InChI=1S/C10H9NO2/c1-13-7-3-5-10-9(8-12)4-2-6-11-10/h2,4,6,8H,7H2,1H3. The fraction of sp³-hybridized carbons (Fsp3) is 0.200. The summed E-state index contributed by atoms with van der Waals surface area (Å²) in [6.07, 6.45) is 2.34. The first-order chi connectivity index (χ1) is 6.38. The molecule has 0 spiro atoms. The summed E-state index contributed by atoms with van der Waals surface area (Å²) in [7, 11) is 1.56. The van der Waals surface area contributed by atoms with E-state index in [1.54, 1.807) is 25.4 Å². The van der Waals surface area contributed by atoms with E-state index in [0.29, 0.717) is 17.9 Å². The lowest BCUT2D eigenvalue weighted by molar-refractivity contribution is 0.112. The van der Waals surface area contributed by atoms with Crippen LogP contribution in [0.3, 0.4) is 0 Å². The van der Waals surface area contributed by atoms with Crippen LogP contribution in [0.4, 0.5) is 0 Å². The van der Waals surface area contributed by atoms with Crippen molar-refractivity contribution in [3.63, 3.8) is 0 Å². The van der Waals surface area contributed by atoms with Crippen LogP contribution in [-0.4, -0.2) is 25.0 Å². The van der Waals surface area contributed by atoms with Gasteiger partial charge in [-0.3, -0.25) is 4.79 Å². The molecule has 0 amide bonds. The van der Waals surface area contributed by atoms with Gasteiger partial charge >= 0.3 is 0 Å². The van der Waals surface area contributed by atoms with E-state index in [1.165, 1.54) is 0 Å². The fourth-order valence-corrected chi connectivity index (χ4v) is 0.809. The smallest absolute Gasteiger partial charge is 0.152 e. The number of hydrogen-bond acceptors (Lipinski definition) is 3. The molecule has 1 aromatic rings. The topological polar surface area (TPSA) is 39.2 Å². The van der Waals surface area contributed by atoms with Gasteiger partial charge in [-0.15, -0.1) is 0 Å². The molecule has 0 bridgehead atoms. The Morgan fingerprint density at radius 1 is 1.69 bits per heavy atom. The van der Waals surface area contributed by atoms with Crippen LogP contribution in [0.2, 0.25) is 0 Å². The lowest BCUT2D eigenvalue weighted by atomic mass is 10.2. The van der Waals surface area contributed by atoms with E-state index in [1.807, 2.05) is 0 Å². The summed E-state index contributed by atoms with van der Waals surface area (Å²) in [4.78, 5) is 14.5. The molecule has 0 aliphatic heterocycles. The van der Waals surface area contributed by atoms with Gasteiger partial charge in [0.05, 0.1) is 0 Å². The second-order valence-corrected chi connectivity index (χ2v) is 2.29. The zero-order chi connectivity index (χ0) is 9.52. The maximum atomic E-state index is 10.5. The SMILES string of the molecule is COCC#Cc1ncccc1C=O. The average Bonchev–Trinajstić information content (AvgIpc) is 2.19. The van der Waals surface area contributed by atoms with E-state index in [4.69, 9.17) is 4.74 Å². The number of pyridine rings is 1. The Hall–Kier alpha value is -1.66. The number of aldehydes is 1. The Morgan fingerprint density at radius 2 is 2.54 bits per heavy atom. The fourth-order valence-electron chi connectivity index (χ4n) is 0.809. The number of carbonyl (C=O) groups is 1. The summed E-state index contributed by atoms with van der Waals surface area (Å²) in [5, 5.41) is 0. The molecule has 0 unspecified atom stereocenters. The highest BCUT2D eigenvalue weighted by atomic mass is 16.5. The molecule has 3 nitrogen and oxygen atoms in total. The van der Waals surface area contributed by atoms with Gasteiger partial charge in [0.25, 0.3) is 0 Å². The van der Waals surface area contributed by atoms with Gasteiger partial charge in [0.15, 0.2) is 6.29 Å². The first-order valence-corrected chi connectivity index (χ1v) is 3.76. The van der Waals surface area contributed by atoms with Crippen molar-refractivity contribution in [3.05, 3.63) is 29.6 Å². The summed E-state index contributed by atoms with van der Waals surface area (Å²) in [6.45, 7) is 0.342. The number of methoxy groups -OCH3 is 1. The van der Waals surface area contributed by atoms with E-state index in [2.05, 4.69) is 16.8 Å². The van der Waals surface area contributed by atoms with Crippen molar-refractivity contribution in [1.82, 2.24) is 4.98 Å². The molecule has 13 heavy (non-hydrogen) atoms. The highest BCUT2D eigenvalue weighted by molar-refractivity contribution is 5.78. The van der Waals surface area contributed by atoms with Crippen LogP contribution >= 0.6 is 0 Å². The monoisotopic (exact) mass is 175 g/mol. The number of rotatable bonds is 2. The Kier molecular flexibility index (Phi) is 3.68. The lowest BCUT2D eigenvalue weighted by Crippen LogP contribution is -1.91. The average molecular weight is 175 g/mol. The molecular weight excluding hydrogens is 166 g/mol. The number of ether oxygens (including phenoxy) is 1. The van der Waals surface area contributed by atoms with Crippen LogP contribution in [0.5, 0.6) is 0 Å². The van der Waals surface area contributed by atoms with Crippen LogP contribution in [-0.2, 0) is 4.74 Å². The van der Waals surface area contributed by atoms with Crippen molar-refractivity contribution in [2.24, 2.45) is 0 Å². The Balaban J connectivity index is 2.88. The summed E-state index contributed by atoms with van der Waals surface area (Å²) < 4.78 is 4.75. The van der Waals surface area contributed by atoms with Crippen molar-refractivity contribution < 1.29 is 9.53 Å². The Bertz CT molecular complexity index is 349. The molecule has 0 N–H and O–H groups in total. The van der Waals surface area contributed by atoms with E-state index in [9.17, 15) is 4.79 Å². The van der Waals surface area contributed by atoms with Crippen molar-refractivity contribution in [2.75, 3.05) is 13.7 Å². The molecular formula is C10H9NO2. The number of hydrogen-bond donors (Lipinski definition) is 0. The van der Waals surface area contributed by atoms with Crippen molar-refractivity contribution in [1.29, 1.82) is 0 Å². The van der Waals surface area contributed by atoms with Gasteiger partial charge in [-0.05, 0) is 18.1 Å². The minimum Gasteiger partial charge on any atom is -0.372 e. The maximum absolute atomic E-state index is 10.5. The van der Waals surface area contributed by atoms with Crippen molar-refractivity contribution in [2.45, 2.75) is 0 Å². The normalized spacial score (nSPS) is 8.69. The van der Waals surface area contributed by atoms with Crippen molar-refractivity contribution >= 4 is 6.29 Å². The molecule has 0 aromatic carbocycles. The van der Waals surface area contributed by atoms with Gasteiger partial charge in [0.2, 0.25) is 0 Å². The van der Waals surface area contributed by atoms with Gasteiger partial charge in [-0.1, -0.05) is 5.92 Å². The third-order valence-corrected chi connectivity index (χ3v) is 1.39. The quantitative estimate of drug-likeness (QED) is 0.495. The van der Waals surface area contributed by atoms with Crippen molar-refractivity contribution in [3.8, 4) is 11.8 Å². The van der Waals surface area contributed by atoms with E-state index < -0.39 is 0 Å². The Morgan fingerprint density at radius 3 is 3.23 bits per heavy atom. The summed E-state index contributed by atoms with van der Waals surface area (Å²) in [5.74, 6) is 5.48. The molecule has 0 aliphatic carbocycles. The summed E-state index contributed by atoms with van der Waals surface area (Å²) >= 11 is 0. The molecule has 0 aliphatic rings. The Labute approximate surface area is 76.8 Å². The first kappa shape index (κ1) is 9.43. The molecule has 0 saturated heterocycles. The van der Waals surface area contributed by atoms with Crippen LogP contribution in [0, 0.1) is 11.8 Å². The molecule has 0 saturated carbocycles. The highest BCUT2D eigenvalue weighted by Gasteiger charge is 1.96. The van der Waals surface area contributed by atoms with Crippen LogP contribution in [0.1, 0.15) is 16.1 Å². The number of nitrogens with zero attached hydrogens (tertiary/aromatic N) is 1. The third kappa shape index (κ3) is 2.69. The van der Waals surface area contributed by atoms with Crippen LogP contribution in [0.15, 0.2) is 18.3 Å². The highest BCUT2D eigenvalue weighted by Crippen LogP contribution is 1.99.